The fourth-order valence-electron chi connectivity index (χ4n) is 2.27. The lowest BCUT2D eigenvalue weighted by Crippen LogP contribution is -2.30. The van der Waals surface area contributed by atoms with Gasteiger partial charge in [-0.3, -0.25) is 19.2 Å². The van der Waals surface area contributed by atoms with Crippen LogP contribution in [0.2, 0.25) is 0 Å². The van der Waals surface area contributed by atoms with Crippen LogP contribution in [0, 0.1) is 6.92 Å². The number of ketones is 1. The van der Waals surface area contributed by atoms with Crippen LogP contribution < -0.4 is 10.9 Å². The molecule has 0 aliphatic heterocycles. The molecular weight excluding hydrogens is 352 g/mol. The van der Waals surface area contributed by atoms with Crippen LogP contribution in [0.15, 0.2) is 41.2 Å². The van der Waals surface area contributed by atoms with Crippen molar-refractivity contribution in [1.29, 1.82) is 0 Å². The molecule has 2 aromatic rings. The summed E-state index contributed by atoms with van der Waals surface area (Å²) < 4.78 is 4.44. The Morgan fingerprint density at radius 3 is 2.67 bits per heavy atom. The summed E-state index contributed by atoms with van der Waals surface area (Å²) in [5.41, 5.74) is 0.201. The van der Waals surface area contributed by atoms with Gasteiger partial charge in [-0.2, -0.15) is 0 Å². The maximum atomic E-state index is 12.2. The molecule has 0 spiro atoms. The van der Waals surface area contributed by atoms with E-state index in [1.807, 2.05) is 0 Å². The number of aromatic hydroxyl groups is 1. The van der Waals surface area contributed by atoms with E-state index in [-0.39, 0.29) is 17.7 Å². The second kappa shape index (κ2) is 8.61. The molecule has 0 saturated heterocycles. The first-order valence-corrected chi connectivity index (χ1v) is 7.92. The van der Waals surface area contributed by atoms with Crippen molar-refractivity contribution in [2.45, 2.75) is 6.92 Å². The van der Waals surface area contributed by atoms with E-state index in [9.17, 15) is 24.3 Å². The van der Waals surface area contributed by atoms with Crippen molar-refractivity contribution in [3.05, 3.63) is 69.1 Å². The Hall–Kier alpha value is -3.68. The number of aryl methyl sites for hydroxylation is 1. The minimum atomic E-state index is -0.682. The molecule has 140 valence electrons. The van der Waals surface area contributed by atoms with Crippen molar-refractivity contribution >= 4 is 23.7 Å². The quantitative estimate of drug-likeness (QED) is 0.398. The fourth-order valence-corrected chi connectivity index (χ4v) is 2.27. The standard InChI is InChI=1S/C19H18N2O6/c1-11-8-15(23)17(19(26)21-11)14(22)7-6-12-4-3-5-13(9-12)18(25)20-10-16(24)27-2/h3-9H,10H2,1-2H3,(H,20,25)(H2,21,23,26). The third-order valence-corrected chi connectivity index (χ3v) is 3.59. The molecule has 0 aliphatic rings. The Labute approximate surface area is 154 Å². The highest BCUT2D eigenvalue weighted by molar-refractivity contribution is 6.08. The number of pyridine rings is 1. The predicted molar refractivity (Wildman–Crippen MR) is 97.6 cm³/mol. The fraction of sp³-hybridized carbons (Fsp3) is 0.158. The van der Waals surface area contributed by atoms with Crippen LogP contribution in [0.4, 0.5) is 0 Å². The first-order chi connectivity index (χ1) is 12.8. The number of methoxy groups -OCH3 is 1. The van der Waals surface area contributed by atoms with Crippen LogP contribution in [-0.2, 0) is 9.53 Å². The number of esters is 1. The number of ether oxygens (including phenoxy) is 1. The summed E-state index contributed by atoms with van der Waals surface area (Å²) >= 11 is 0. The zero-order valence-corrected chi connectivity index (χ0v) is 14.7. The molecule has 1 heterocycles. The first kappa shape index (κ1) is 19.6. The summed E-state index contributed by atoms with van der Waals surface area (Å²) in [7, 11) is 1.22. The summed E-state index contributed by atoms with van der Waals surface area (Å²) in [5.74, 6) is -2.13. The van der Waals surface area contributed by atoms with Gasteiger partial charge >= 0.3 is 5.97 Å². The highest BCUT2D eigenvalue weighted by atomic mass is 16.5. The lowest BCUT2D eigenvalue weighted by molar-refractivity contribution is -0.139. The lowest BCUT2D eigenvalue weighted by atomic mass is 10.1. The molecule has 27 heavy (non-hydrogen) atoms. The second-order valence-electron chi connectivity index (χ2n) is 5.62. The first-order valence-electron chi connectivity index (χ1n) is 7.92. The van der Waals surface area contributed by atoms with Crippen LogP contribution in [0.3, 0.4) is 0 Å². The smallest absolute Gasteiger partial charge is 0.325 e. The van der Waals surface area contributed by atoms with Gasteiger partial charge in [-0.1, -0.05) is 18.2 Å². The number of H-pyrrole nitrogens is 1. The van der Waals surface area contributed by atoms with Gasteiger partial charge in [0, 0.05) is 11.3 Å². The number of rotatable bonds is 6. The number of benzene rings is 1. The molecular formula is C19H18N2O6. The van der Waals surface area contributed by atoms with Gasteiger partial charge in [0.2, 0.25) is 0 Å². The Kier molecular flexibility index (Phi) is 6.27. The molecule has 1 amide bonds. The van der Waals surface area contributed by atoms with Crippen molar-refractivity contribution in [2.75, 3.05) is 13.7 Å². The Bertz CT molecular complexity index is 974. The number of hydrogen-bond donors (Lipinski definition) is 3. The van der Waals surface area contributed by atoms with Crippen molar-refractivity contribution in [3.8, 4) is 5.75 Å². The van der Waals surface area contributed by atoms with Crippen molar-refractivity contribution in [3.63, 3.8) is 0 Å². The maximum Gasteiger partial charge on any atom is 0.325 e. The van der Waals surface area contributed by atoms with Gasteiger partial charge in [-0.25, -0.2) is 0 Å². The van der Waals surface area contributed by atoms with E-state index >= 15 is 0 Å². The number of allylic oxidation sites excluding steroid dienone is 1. The molecule has 0 bridgehead atoms. The zero-order valence-electron chi connectivity index (χ0n) is 14.7. The minimum absolute atomic E-state index is 0.261. The SMILES string of the molecule is COC(=O)CNC(=O)c1cccc(C=CC(=O)c2c(O)cc(C)[nH]c2=O)c1. The number of nitrogens with one attached hydrogen (secondary N) is 2. The summed E-state index contributed by atoms with van der Waals surface area (Å²) in [6.07, 6.45) is 2.54. The molecule has 8 nitrogen and oxygen atoms in total. The molecule has 0 saturated carbocycles. The zero-order chi connectivity index (χ0) is 20.0. The van der Waals surface area contributed by atoms with Crippen molar-refractivity contribution in [1.82, 2.24) is 10.3 Å². The molecule has 0 atom stereocenters. The van der Waals surface area contributed by atoms with E-state index < -0.39 is 29.0 Å². The molecule has 0 unspecified atom stereocenters. The van der Waals surface area contributed by atoms with Crippen molar-refractivity contribution < 1.29 is 24.2 Å². The number of aromatic nitrogens is 1. The topological polar surface area (TPSA) is 126 Å². The van der Waals surface area contributed by atoms with Gasteiger partial charge in [-0.05, 0) is 36.8 Å². The lowest BCUT2D eigenvalue weighted by Gasteiger charge is -2.05. The summed E-state index contributed by atoms with van der Waals surface area (Å²) in [6, 6.07) is 7.60. The summed E-state index contributed by atoms with van der Waals surface area (Å²) in [5, 5.41) is 12.2. The van der Waals surface area contributed by atoms with Gasteiger partial charge in [0.15, 0.2) is 5.78 Å². The Balaban J connectivity index is 2.16. The van der Waals surface area contributed by atoms with Gasteiger partial charge in [0.1, 0.15) is 17.9 Å². The third-order valence-electron chi connectivity index (χ3n) is 3.59. The van der Waals surface area contributed by atoms with E-state index in [4.69, 9.17) is 0 Å². The third kappa shape index (κ3) is 5.15. The average Bonchev–Trinajstić information content (AvgIpc) is 2.63. The van der Waals surface area contributed by atoms with E-state index in [1.165, 1.54) is 25.3 Å². The number of amides is 1. The van der Waals surface area contributed by atoms with Gasteiger partial charge in [-0.15, -0.1) is 0 Å². The van der Waals surface area contributed by atoms with Crippen LogP contribution >= 0.6 is 0 Å². The highest BCUT2D eigenvalue weighted by Crippen LogP contribution is 2.15. The Morgan fingerprint density at radius 2 is 2.00 bits per heavy atom. The van der Waals surface area contributed by atoms with Crippen molar-refractivity contribution in [2.24, 2.45) is 0 Å². The van der Waals surface area contributed by atoms with Gasteiger partial charge in [0.05, 0.1) is 7.11 Å². The molecule has 0 radical (unpaired) electrons. The molecule has 1 aromatic heterocycles. The van der Waals surface area contributed by atoms with Gasteiger partial charge in [0.25, 0.3) is 11.5 Å². The van der Waals surface area contributed by atoms with Gasteiger partial charge < -0.3 is 20.1 Å². The Morgan fingerprint density at radius 1 is 1.26 bits per heavy atom. The van der Waals surface area contributed by atoms with E-state index in [1.54, 1.807) is 25.1 Å². The summed E-state index contributed by atoms with van der Waals surface area (Å²) in [6.45, 7) is 1.32. The van der Waals surface area contributed by atoms with Crippen LogP contribution in [0.1, 0.15) is 32.0 Å². The second-order valence-corrected chi connectivity index (χ2v) is 5.62. The maximum absolute atomic E-state index is 12.2. The molecule has 0 fully saturated rings. The minimum Gasteiger partial charge on any atom is -0.507 e. The van der Waals surface area contributed by atoms with E-state index in [2.05, 4.69) is 15.0 Å². The molecule has 2 rings (SSSR count). The van der Waals surface area contributed by atoms with E-state index in [0.717, 1.165) is 6.08 Å². The largest absolute Gasteiger partial charge is 0.507 e. The average molecular weight is 370 g/mol. The number of carbonyl (C=O) groups excluding carboxylic acids is 3. The summed E-state index contributed by atoms with van der Waals surface area (Å²) in [4.78, 5) is 49.6. The molecule has 0 aliphatic carbocycles. The predicted octanol–water partition coefficient (Wildman–Crippen LogP) is 1.19. The molecule has 8 heteroatoms. The normalized spacial score (nSPS) is 10.6. The number of aromatic amines is 1. The van der Waals surface area contributed by atoms with E-state index in [0.29, 0.717) is 11.3 Å². The molecule has 3 N–H and O–H groups in total. The highest BCUT2D eigenvalue weighted by Gasteiger charge is 2.14. The van der Waals surface area contributed by atoms with Crippen LogP contribution in [-0.4, -0.2) is 41.4 Å². The monoisotopic (exact) mass is 370 g/mol. The number of hydrogen-bond acceptors (Lipinski definition) is 6. The number of carbonyl (C=O) groups is 3. The van der Waals surface area contributed by atoms with Crippen LogP contribution in [0.5, 0.6) is 5.75 Å². The molecule has 1 aromatic carbocycles. The van der Waals surface area contributed by atoms with Crippen LogP contribution in [0.25, 0.3) is 6.08 Å².